The topological polar surface area (TPSA) is 124 Å². The van der Waals surface area contributed by atoms with Crippen LogP contribution in [-0.4, -0.2) is 50.0 Å². The molecule has 5 rings (SSSR count). The van der Waals surface area contributed by atoms with Crippen molar-refractivity contribution in [3.05, 3.63) is 114 Å². The maximum atomic E-state index is 14.2. The first-order valence-corrected chi connectivity index (χ1v) is 16.8. The molecule has 0 aliphatic carbocycles. The fraction of sp³-hybridized carbons (Fsp3) is 0.297. The molecule has 13 heteroatoms. The molecule has 50 heavy (non-hydrogen) atoms. The van der Waals surface area contributed by atoms with E-state index in [2.05, 4.69) is 9.73 Å². The SMILES string of the molecule is CCOC(=O)C1=C(C)N=c2s/c(=C\c3ccc(OCc4ccccc4F)c(OCC)c3)c(=O)n2[C@H]1c1ccc(OCC(=O)OC)c(OCC)c1. The Morgan fingerprint density at radius 1 is 0.900 bits per heavy atom. The Hall–Kier alpha value is -5.43. The van der Waals surface area contributed by atoms with E-state index in [1.54, 1.807) is 81.4 Å². The van der Waals surface area contributed by atoms with Crippen LogP contribution >= 0.6 is 11.3 Å². The number of hydrogen-bond acceptors (Lipinski definition) is 11. The van der Waals surface area contributed by atoms with E-state index >= 15 is 0 Å². The molecule has 0 N–H and O–H groups in total. The molecular weight excluding hydrogens is 667 g/mol. The molecule has 0 saturated carbocycles. The predicted octanol–water partition coefficient (Wildman–Crippen LogP) is 4.87. The summed E-state index contributed by atoms with van der Waals surface area (Å²) in [5.41, 5.74) is 1.82. The summed E-state index contributed by atoms with van der Waals surface area (Å²) in [5, 5.41) is 0. The Morgan fingerprint density at radius 2 is 1.60 bits per heavy atom. The lowest BCUT2D eigenvalue weighted by molar-refractivity contribution is -0.143. The average molecular weight is 705 g/mol. The zero-order valence-corrected chi connectivity index (χ0v) is 29.1. The maximum Gasteiger partial charge on any atom is 0.343 e. The number of halogens is 1. The molecule has 0 unspecified atom stereocenters. The van der Waals surface area contributed by atoms with Crippen molar-refractivity contribution in [1.29, 1.82) is 0 Å². The van der Waals surface area contributed by atoms with E-state index in [9.17, 15) is 18.8 Å². The number of nitrogens with zero attached hydrogens (tertiary/aromatic N) is 2. The zero-order valence-electron chi connectivity index (χ0n) is 28.3. The number of carbonyl (C=O) groups excluding carboxylic acids is 2. The molecule has 262 valence electrons. The lowest BCUT2D eigenvalue weighted by Crippen LogP contribution is -2.40. The second kappa shape index (κ2) is 16.3. The number of ether oxygens (including phenoxy) is 6. The monoisotopic (exact) mass is 704 g/mol. The van der Waals surface area contributed by atoms with Gasteiger partial charge in [-0.2, -0.15) is 0 Å². The number of carbonyl (C=O) groups is 2. The number of benzene rings is 3. The number of thiazole rings is 1. The highest BCUT2D eigenvalue weighted by molar-refractivity contribution is 7.07. The minimum absolute atomic E-state index is 0.0102. The molecule has 0 spiro atoms. The summed E-state index contributed by atoms with van der Waals surface area (Å²) in [5.74, 6) is -0.0783. The molecule has 1 atom stereocenters. The largest absolute Gasteiger partial charge is 0.490 e. The van der Waals surface area contributed by atoms with Gasteiger partial charge in [0.2, 0.25) is 0 Å². The summed E-state index contributed by atoms with van der Waals surface area (Å²) >= 11 is 1.17. The van der Waals surface area contributed by atoms with Gasteiger partial charge < -0.3 is 28.4 Å². The van der Waals surface area contributed by atoms with E-state index < -0.39 is 18.0 Å². The van der Waals surface area contributed by atoms with Crippen molar-refractivity contribution < 1.29 is 42.4 Å². The van der Waals surface area contributed by atoms with Crippen LogP contribution in [0.1, 0.15) is 50.4 Å². The van der Waals surface area contributed by atoms with Crippen LogP contribution in [-0.2, 0) is 25.7 Å². The molecular formula is C37H37FN2O9S. The Labute approximate surface area is 291 Å². The summed E-state index contributed by atoms with van der Waals surface area (Å²) < 4.78 is 49.3. The molecule has 4 aromatic rings. The van der Waals surface area contributed by atoms with Gasteiger partial charge in [-0.3, -0.25) is 9.36 Å². The number of allylic oxidation sites excluding steroid dienone is 1. The van der Waals surface area contributed by atoms with Gasteiger partial charge in [0.05, 0.1) is 48.8 Å². The van der Waals surface area contributed by atoms with Gasteiger partial charge in [-0.15, -0.1) is 0 Å². The fourth-order valence-electron chi connectivity index (χ4n) is 5.31. The molecule has 3 aromatic carbocycles. The van der Waals surface area contributed by atoms with Gasteiger partial charge in [0.15, 0.2) is 34.4 Å². The molecule has 2 heterocycles. The number of fused-ring (bicyclic) bond motifs is 1. The van der Waals surface area contributed by atoms with Crippen LogP contribution in [0.15, 0.2) is 81.7 Å². The highest BCUT2D eigenvalue weighted by Gasteiger charge is 2.34. The summed E-state index contributed by atoms with van der Waals surface area (Å²) in [6, 6.07) is 15.7. The summed E-state index contributed by atoms with van der Waals surface area (Å²) in [4.78, 5) is 44.3. The van der Waals surface area contributed by atoms with Gasteiger partial charge in [0.25, 0.3) is 5.56 Å². The molecule has 0 radical (unpaired) electrons. The number of rotatable bonds is 14. The molecule has 0 bridgehead atoms. The van der Waals surface area contributed by atoms with E-state index in [0.29, 0.717) is 61.3 Å². The highest BCUT2D eigenvalue weighted by atomic mass is 32.1. The maximum absolute atomic E-state index is 14.2. The van der Waals surface area contributed by atoms with E-state index in [1.807, 2.05) is 6.92 Å². The highest BCUT2D eigenvalue weighted by Crippen LogP contribution is 2.36. The summed E-state index contributed by atoms with van der Waals surface area (Å²) in [6.45, 7) is 7.48. The lowest BCUT2D eigenvalue weighted by Gasteiger charge is -2.25. The van der Waals surface area contributed by atoms with Crippen molar-refractivity contribution in [2.75, 3.05) is 33.5 Å². The zero-order chi connectivity index (χ0) is 35.8. The third-order valence-electron chi connectivity index (χ3n) is 7.58. The quantitative estimate of drug-likeness (QED) is 0.169. The van der Waals surface area contributed by atoms with E-state index in [1.165, 1.54) is 29.1 Å². The fourth-order valence-corrected chi connectivity index (χ4v) is 6.36. The minimum Gasteiger partial charge on any atom is -0.490 e. The van der Waals surface area contributed by atoms with Crippen LogP contribution in [0.25, 0.3) is 6.08 Å². The first-order valence-electron chi connectivity index (χ1n) is 16.0. The first kappa shape index (κ1) is 35.9. The third-order valence-corrected chi connectivity index (χ3v) is 8.56. The number of aromatic nitrogens is 1. The molecule has 1 aromatic heterocycles. The lowest BCUT2D eigenvalue weighted by atomic mass is 9.95. The number of methoxy groups -OCH3 is 1. The van der Waals surface area contributed by atoms with Crippen LogP contribution in [0, 0.1) is 5.82 Å². The summed E-state index contributed by atoms with van der Waals surface area (Å²) in [7, 11) is 1.26. The van der Waals surface area contributed by atoms with Gasteiger partial charge in [-0.05, 0) is 75.2 Å². The molecule has 1 aliphatic rings. The standard InChI is InChI=1S/C37H37FN2O9S/c1-6-45-29-17-23(13-15-27(29)48-20-25-11-9-10-12-26(25)38)18-31-35(42)40-34(33(36(43)47-8-3)22(4)39-37(40)50-31)24-14-16-28(30(19-24)46-7-2)49-21-32(41)44-5/h9-19,34H,6-8,20-21H2,1-5H3/b31-18-/t34-/m0/s1. The van der Waals surface area contributed by atoms with Crippen molar-refractivity contribution in [2.45, 2.75) is 40.3 Å². The van der Waals surface area contributed by atoms with Gasteiger partial charge >= 0.3 is 11.9 Å². The van der Waals surface area contributed by atoms with E-state index in [4.69, 9.17) is 23.7 Å². The molecule has 1 aliphatic heterocycles. The van der Waals surface area contributed by atoms with Crippen molar-refractivity contribution >= 4 is 29.4 Å². The Kier molecular flexibility index (Phi) is 11.7. The van der Waals surface area contributed by atoms with E-state index in [0.717, 1.165) is 0 Å². The smallest absolute Gasteiger partial charge is 0.343 e. The van der Waals surface area contributed by atoms with Crippen LogP contribution in [0.2, 0.25) is 0 Å². The van der Waals surface area contributed by atoms with Gasteiger partial charge in [-0.25, -0.2) is 19.0 Å². The molecule has 0 saturated heterocycles. The average Bonchev–Trinajstić information content (AvgIpc) is 3.40. The Balaban J connectivity index is 1.57. The Morgan fingerprint density at radius 3 is 2.30 bits per heavy atom. The van der Waals surface area contributed by atoms with Crippen molar-refractivity contribution in [3.63, 3.8) is 0 Å². The van der Waals surface area contributed by atoms with E-state index in [-0.39, 0.29) is 43.4 Å². The number of hydrogen-bond donors (Lipinski definition) is 0. The van der Waals surface area contributed by atoms with Crippen LogP contribution in [0.5, 0.6) is 23.0 Å². The predicted molar refractivity (Wildman–Crippen MR) is 184 cm³/mol. The van der Waals surface area contributed by atoms with Gasteiger partial charge in [0.1, 0.15) is 12.4 Å². The van der Waals surface area contributed by atoms with Gasteiger partial charge in [-0.1, -0.05) is 41.7 Å². The number of esters is 2. The summed E-state index contributed by atoms with van der Waals surface area (Å²) in [6.07, 6.45) is 1.71. The molecule has 0 fully saturated rings. The molecule has 11 nitrogen and oxygen atoms in total. The van der Waals surface area contributed by atoms with Crippen LogP contribution in [0.4, 0.5) is 4.39 Å². The minimum atomic E-state index is -0.908. The molecule has 0 amide bonds. The third kappa shape index (κ3) is 7.89. The second-order valence-electron chi connectivity index (χ2n) is 10.8. The van der Waals surface area contributed by atoms with Crippen molar-refractivity contribution in [1.82, 2.24) is 4.57 Å². The first-order chi connectivity index (χ1) is 24.2. The second-order valence-corrected chi connectivity index (χ2v) is 11.8. The van der Waals surface area contributed by atoms with Gasteiger partial charge in [0, 0.05) is 5.56 Å². The normalized spacial score (nSPS) is 14.0. The van der Waals surface area contributed by atoms with Crippen LogP contribution in [0.3, 0.4) is 0 Å². The van der Waals surface area contributed by atoms with Crippen molar-refractivity contribution in [2.24, 2.45) is 4.99 Å². The van der Waals surface area contributed by atoms with Crippen LogP contribution < -0.4 is 33.8 Å². The van der Waals surface area contributed by atoms with Crippen molar-refractivity contribution in [3.8, 4) is 23.0 Å². The Bertz CT molecular complexity index is 2100.